The maximum Gasteiger partial charge on any atom is 0.213 e. The van der Waals surface area contributed by atoms with Gasteiger partial charge in [-0.1, -0.05) is 44.2 Å². The Morgan fingerprint density at radius 2 is 1.84 bits per heavy atom. The second-order valence-electron chi connectivity index (χ2n) is 7.69. The van der Waals surface area contributed by atoms with Gasteiger partial charge in [-0.15, -0.1) is 24.0 Å². The summed E-state index contributed by atoms with van der Waals surface area (Å²) in [6.45, 7) is 14.0. The Hall–Kier alpha value is -1.87. The van der Waals surface area contributed by atoms with Crippen LogP contribution in [0.3, 0.4) is 0 Å². The molecule has 0 amide bonds. The molecule has 2 rings (SSSR count). The SMILES string of the molecule is CCNC(=NCc1ccnc(OCc2ccccc2)c1)NC(C)CCCN(CC)CC.I. The highest BCUT2D eigenvalue weighted by Crippen LogP contribution is 2.12. The van der Waals surface area contributed by atoms with Gasteiger partial charge >= 0.3 is 0 Å². The predicted octanol–water partition coefficient (Wildman–Crippen LogP) is 4.84. The standard InChI is InChI=1S/C25H39N5O.HI/c1-5-26-25(29-21(4)12-11-17-30(6-2)7-3)28-19-23-15-16-27-24(18-23)31-20-22-13-9-8-10-14-22;/h8-10,13-16,18,21H,5-7,11-12,17,19-20H2,1-4H3,(H2,26,28,29);1H. The van der Waals surface area contributed by atoms with E-state index in [0.29, 0.717) is 25.1 Å². The first-order chi connectivity index (χ1) is 15.1. The minimum atomic E-state index is 0. The van der Waals surface area contributed by atoms with Gasteiger partial charge in [-0.3, -0.25) is 0 Å². The minimum absolute atomic E-state index is 0. The molecular weight excluding hydrogens is 513 g/mol. The number of rotatable bonds is 13. The normalized spacial score (nSPS) is 12.2. The van der Waals surface area contributed by atoms with Gasteiger partial charge in [-0.25, -0.2) is 9.98 Å². The fraction of sp³-hybridized carbons (Fsp3) is 0.520. The number of pyridine rings is 1. The van der Waals surface area contributed by atoms with Crippen molar-refractivity contribution in [3.8, 4) is 5.88 Å². The average molecular weight is 554 g/mol. The van der Waals surface area contributed by atoms with E-state index in [2.05, 4.69) is 48.2 Å². The Morgan fingerprint density at radius 3 is 2.53 bits per heavy atom. The van der Waals surface area contributed by atoms with Crippen LogP contribution in [0.4, 0.5) is 0 Å². The summed E-state index contributed by atoms with van der Waals surface area (Å²) in [6.07, 6.45) is 4.08. The second-order valence-corrected chi connectivity index (χ2v) is 7.69. The highest BCUT2D eigenvalue weighted by atomic mass is 127. The van der Waals surface area contributed by atoms with E-state index in [4.69, 9.17) is 9.73 Å². The summed E-state index contributed by atoms with van der Waals surface area (Å²) < 4.78 is 5.84. The van der Waals surface area contributed by atoms with Crippen LogP contribution in [0, 0.1) is 0 Å². The zero-order chi connectivity index (χ0) is 22.3. The van der Waals surface area contributed by atoms with Crippen molar-refractivity contribution in [2.75, 3.05) is 26.2 Å². The zero-order valence-corrected chi connectivity index (χ0v) is 22.3. The van der Waals surface area contributed by atoms with Crippen LogP contribution < -0.4 is 15.4 Å². The zero-order valence-electron chi connectivity index (χ0n) is 20.0. The number of nitrogens with zero attached hydrogens (tertiary/aromatic N) is 3. The van der Waals surface area contributed by atoms with Crippen molar-refractivity contribution in [1.29, 1.82) is 0 Å². The molecule has 178 valence electrons. The van der Waals surface area contributed by atoms with E-state index >= 15 is 0 Å². The molecule has 0 radical (unpaired) electrons. The van der Waals surface area contributed by atoms with Crippen LogP contribution in [0.1, 0.15) is 51.7 Å². The number of nitrogens with one attached hydrogen (secondary N) is 2. The predicted molar refractivity (Wildman–Crippen MR) is 145 cm³/mol. The van der Waals surface area contributed by atoms with E-state index in [1.54, 1.807) is 6.20 Å². The van der Waals surface area contributed by atoms with E-state index in [1.165, 1.54) is 6.42 Å². The Bertz CT molecular complexity index is 768. The van der Waals surface area contributed by atoms with E-state index < -0.39 is 0 Å². The van der Waals surface area contributed by atoms with Crippen molar-refractivity contribution in [1.82, 2.24) is 20.5 Å². The van der Waals surface area contributed by atoms with Crippen LogP contribution in [0.5, 0.6) is 5.88 Å². The molecule has 0 fully saturated rings. The summed E-state index contributed by atoms with van der Waals surface area (Å²) in [6, 6.07) is 14.4. The molecule has 6 nitrogen and oxygen atoms in total. The van der Waals surface area contributed by atoms with Gasteiger partial charge in [0.2, 0.25) is 5.88 Å². The van der Waals surface area contributed by atoms with Gasteiger partial charge in [0.15, 0.2) is 5.96 Å². The Morgan fingerprint density at radius 1 is 1.09 bits per heavy atom. The number of aliphatic imine (C=N–C) groups is 1. The lowest BCUT2D eigenvalue weighted by atomic mass is 10.2. The molecule has 2 N–H and O–H groups in total. The summed E-state index contributed by atoms with van der Waals surface area (Å²) in [5.74, 6) is 1.47. The summed E-state index contributed by atoms with van der Waals surface area (Å²) in [5.41, 5.74) is 2.20. The molecule has 2 aromatic rings. The molecule has 0 aliphatic rings. The van der Waals surface area contributed by atoms with Gasteiger partial charge in [0.1, 0.15) is 6.61 Å². The van der Waals surface area contributed by atoms with Crippen molar-refractivity contribution in [2.24, 2.45) is 4.99 Å². The fourth-order valence-corrected chi connectivity index (χ4v) is 3.32. The van der Waals surface area contributed by atoms with Crippen LogP contribution in [0.25, 0.3) is 0 Å². The van der Waals surface area contributed by atoms with E-state index in [-0.39, 0.29) is 24.0 Å². The van der Waals surface area contributed by atoms with Gasteiger partial charge in [0, 0.05) is 24.8 Å². The molecule has 1 heterocycles. The lowest BCUT2D eigenvalue weighted by molar-refractivity contribution is 0.292. The molecule has 32 heavy (non-hydrogen) atoms. The molecule has 1 aromatic heterocycles. The molecule has 0 saturated carbocycles. The van der Waals surface area contributed by atoms with Crippen LogP contribution in [0.15, 0.2) is 53.7 Å². The maximum absolute atomic E-state index is 5.84. The lowest BCUT2D eigenvalue weighted by Gasteiger charge is -2.21. The number of hydrogen-bond acceptors (Lipinski definition) is 4. The van der Waals surface area contributed by atoms with Gasteiger partial charge in [-0.2, -0.15) is 0 Å². The highest BCUT2D eigenvalue weighted by Gasteiger charge is 2.07. The number of ether oxygens (including phenoxy) is 1. The van der Waals surface area contributed by atoms with Crippen molar-refractivity contribution >= 4 is 29.9 Å². The Balaban J connectivity index is 0.00000512. The molecule has 0 aliphatic carbocycles. The molecular formula is C25H40IN5O. The molecule has 7 heteroatoms. The number of aromatic nitrogens is 1. The topological polar surface area (TPSA) is 61.8 Å². The first-order valence-corrected chi connectivity index (χ1v) is 11.5. The third-order valence-corrected chi connectivity index (χ3v) is 5.18. The van der Waals surface area contributed by atoms with E-state index in [9.17, 15) is 0 Å². The largest absolute Gasteiger partial charge is 0.473 e. The van der Waals surface area contributed by atoms with Gasteiger partial charge in [0.25, 0.3) is 0 Å². The van der Waals surface area contributed by atoms with Crippen LogP contribution in [-0.4, -0.2) is 48.1 Å². The first-order valence-electron chi connectivity index (χ1n) is 11.5. The third-order valence-electron chi connectivity index (χ3n) is 5.18. The Labute approximate surface area is 211 Å². The molecule has 0 spiro atoms. The number of benzene rings is 1. The maximum atomic E-state index is 5.84. The van der Waals surface area contributed by atoms with E-state index in [1.807, 2.05) is 42.5 Å². The molecule has 0 aliphatic heterocycles. The first kappa shape index (κ1) is 28.2. The van der Waals surface area contributed by atoms with Crippen molar-refractivity contribution < 1.29 is 4.74 Å². The monoisotopic (exact) mass is 553 g/mol. The number of hydrogen-bond donors (Lipinski definition) is 2. The molecule has 1 unspecified atom stereocenters. The Kier molecular flexibility index (Phi) is 14.7. The molecule has 0 saturated heterocycles. The van der Waals surface area contributed by atoms with Gasteiger partial charge in [0.05, 0.1) is 6.54 Å². The summed E-state index contributed by atoms with van der Waals surface area (Å²) in [5, 5.41) is 6.88. The van der Waals surface area contributed by atoms with Crippen LogP contribution in [-0.2, 0) is 13.2 Å². The quantitative estimate of drug-likeness (QED) is 0.211. The smallest absolute Gasteiger partial charge is 0.213 e. The summed E-state index contributed by atoms with van der Waals surface area (Å²) >= 11 is 0. The molecule has 1 aromatic carbocycles. The second kappa shape index (κ2) is 16.7. The average Bonchev–Trinajstić information content (AvgIpc) is 2.80. The number of guanidine groups is 1. The third kappa shape index (κ3) is 11.1. The number of halogens is 1. The van der Waals surface area contributed by atoms with Crippen LogP contribution in [0.2, 0.25) is 0 Å². The van der Waals surface area contributed by atoms with Crippen molar-refractivity contribution in [3.05, 3.63) is 59.8 Å². The van der Waals surface area contributed by atoms with Crippen molar-refractivity contribution in [3.63, 3.8) is 0 Å². The molecule has 0 bridgehead atoms. The molecule has 1 atom stereocenters. The van der Waals surface area contributed by atoms with Crippen molar-refractivity contribution in [2.45, 2.75) is 59.7 Å². The lowest BCUT2D eigenvalue weighted by Crippen LogP contribution is -2.42. The van der Waals surface area contributed by atoms with Crippen LogP contribution >= 0.6 is 24.0 Å². The summed E-state index contributed by atoms with van der Waals surface area (Å²) in [4.78, 5) is 11.5. The minimum Gasteiger partial charge on any atom is -0.473 e. The van der Waals surface area contributed by atoms with Gasteiger partial charge < -0.3 is 20.3 Å². The summed E-state index contributed by atoms with van der Waals surface area (Å²) in [7, 11) is 0. The fourth-order valence-electron chi connectivity index (χ4n) is 3.32. The highest BCUT2D eigenvalue weighted by molar-refractivity contribution is 14.0. The van der Waals surface area contributed by atoms with Gasteiger partial charge in [-0.05, 0) is 63.5 Å². The van der Waals surface area contributed by atoms with E-state index in [0.717, 1.165) is 49.7 Å².